The van der Waals surface area contributed by atoms with Crippen LogP contribution in [0.25, 0.3) is 0 Å². The van der Waals surface area contributed by atoms with Gasteiger partial charge < -0.3 is 10.1 Å². The van der Waals surface area contributed by atoms with E-state index in [0.717, 1.165) is 63.0 Å². The van der Waals surface area contributed by atoms with Gasteiger partial charge in [0.2, 0.25) is 5.91 Å². The first-order chi connectivity index (χ1) is 13.7. The van der Waals surface area contributed by atoms with Gasteiger partial charge in [-0.15, -0.1) is 0 Å². The van der Waals surface area contributed by atoms with Gasteiger partial charge in [-0.05, 0) is 70.9 Å². The number of piperidine rings is 1. The second kappa shape index (κ2) is 8.86. The van der Waals surface area contributed by atoms with Crippen LogP contribution in [0, 0.1) is 11.8 Å². The lowest BCUT2D eigenvalue weighted by atomic mass is 9.74. The fraction of sp³-hybridized carbons (Fsp3) is 0.773. The minimum absolute atomic E-state index is 0.0313. The molecule has 29 heavy (non-hydrogen) atoms. The summed E-state index contributed by atoms with van der Waals surface area (Å²) in [5.41, 5.74) is 1.56. The van der Waals surface area contributed by atoms with Crippen LogP contribution in [0.1, 0.15) is 65.1 Å². The van der Waals surface area contributed by atoms with Gasteiger partial charge in [-0.2, -0.15) is 9.78 Å². The van der Waals surface area contributed by atoms with E-state index in [9.17, 15) is 9.59 Å². The van der Waals surface area contributed by atoms with E-state index in [2.05, 4.69) is 29.2 Å². The Morgan fingerprint density at radius 3 is 2.66 bits per heavy atom. The number of amides is 1. The summed E-state index contributed by atoms with van der Waals surface area (Å²) >= 11 is 0. The first kappa shape index (κ1) is 21.8. The average Bonchev–Trinajstić information content (AvgIpc) is 3.06. The maximum absolute atomic E-state index is 12.6. The number of aromatic nitrogens is 2. The maximum Gasteiger partial charge on any atom is 0.435 e. The lowest BCUT2D eigenvalue weighted by Gasteiger charge is -2.46. The molecule has 1 N–H and O–H groups in total. The highest BCUT2D eigenvalue weighted by Crippen LogP contribution is 2.37. The number of hydrogen-bond donors (Lipinski definition) is 1. The summed E-state index contributed by atoms with van der Waals surface area (Å²) in [7, 11) is 0. The number of hydrogen-bond acceptors (Lipinski definition) is 5. The minimum Gasteiger partial charge on any atom is -0.442 e. The molecular formula is C22H36N4O3. The normalized spacial score (nSPS) is 24.5. The largest absolute Gasteiger partial charge is 0.442 e. The Kier molecular flexibility index (Phi) is 6.66. The molecule has 0 saturated carbocycles. The van der Waals surface area contributed by atoms with Crippen molar-refractivity contribution >= 4 is 12.0 Å². The summed E-state index contributed by atoms with van der Waals surface area (Å²) in [5, 5.41) is 7.61. The van der Waals surface area contributed by atoms with Crippen molar-refractivity contribution in [2.45, 2.75) is 78.4 Å². The van der Waals surface area contributed by atoms with Crippen LogP contribution < -0.4 is 5.32 Å². The maximum atomic E-state index is 12.6. The van der Waals surface area contributed by atoms with Crippen LogP contribution in [0.15, 0.2) is 6.20 Å². The monoisotopic (exact) mass is 404 g/mol. The topological polar surface area (TPSA) is 76.5 Å². The first-order valence-corrected chi connectivity index (χ1v) is 11.0. The fourth-order valence-corrected chi connectivity index (χ4v) is 4.62. The van der Waals surface area contributed by atoms with Gasteiger partial charge in [-0.25, -0.2) is 4.79 Å². The van der Waals surface area contributed by atoms with E-state index in [1.54, 1.807) is 0 Å². The standard InChI is InChI=1S/C22H36N4O3/c1-6-8-23-20(27)17-10-15-11-18-16(12-19(15)25(13-17)9-7-2)14-26(24-18)21(28)29-22(3,4)5/h14-15,17,19H,6-13H2,1-5H3,(H,23,27)/t15-,17-,19-/m1/s1. The molecule has 2 heterocycles. The summed E-state index contributed by atoms with van der Waals surface area (Å²) in [5.74, 6) is 0.600. The van der Waals surface area contributed by atoms with Crippen molar-refractivity contribution in [3.8, 4) is 0 Å². The van der Waals surface area contributed by atoms with Gasteiger partial charge in [0, 0.05) is 25.3 Å². The molecule has 0 radical (unpaired) electrons. The summed E-state index contributed by atoms with van der Waals surface area (Å²) in [4.78, 5) is 27.5. The smallest absolute Gasteiger partial charge is 0.435 e. The highest BCUT2D eigenvalue weighted by molar-refractivity contribution is 5.79. The SMILES string of the molecule is CCCNC(=O)[C@@H]1C[C@@H]2Cc3nn(C(=O)OC(C)(C)C)cc3C[C@H]2N(CCC)C1. The van der Waals surface area contributed by atoms with Crippen LogP contribution in [0.5, 0.6) is 0 Å². The number of ether oxygens (including phenoxy) is 1. The van der Waals surface area contributed by atoms with Crippen molar-refractivity contribution in [3.63, 3.8) is 0 Å². The zero-order chi connectivity index (χ0) is 21.2. The van der Waals surface area contributed by atoms with Crippen LogP contribution in [-0.2, 0) is 22.4 Å². The van der Waals surface area contributed by atoms with Gasteiger partial charge in [0.25, 0.3) is 0 Å². The van der Waals surface area contributed by atoms with Gasteiger partial charge in [-0.3, -0.25) is 9.69 Å². The minimum atomic E-state index is -0.547. The second-order valence-corrected chi connectivity index (χ2v) is 9.48. The lowest BCUT2D eigenvalue weighted by Crippen LogP contribution is -2.55. The number of rotatable bonds is 5. The Morgan fingerprint density at radius 2 is 2.00 bits per heavy atom. The van der Waals surface area contributed by atoms with Crippen LogP contribution in [0.3, 0.4) is 0 Å². The number of fused-ring (bicyclic) bond motifs is 2. The first-order valence-electron chi connectivity index (χ1n) is 11.0. The van der Waals surface area contributed by atoms with E-state index in [4.69, 9.17) is 4.74 Å². The third-order valence-electron chi connectivity index (χ3n) is 5.83. The fourth-order valence-electron chi connectivity index (χ4n) is 4.62. The predicted molar refractivity (Wildman–Crippen MR) is 112 cm³/mol. The van der Waals surface area contributed by atoms with Crippen molar-refractivity contribution in [1.82, 2.24) is 20.0 Å². The Balaban J connectivity index is 1.77. The van der Waals surface area contributed by atoms with Crippen molar-refractivity contribution < 1.29 is 14.3 Å². The Hall–Kier alpha value is -1.89. The number of nitrogens with one attached hydrogen (secondary N) is 1. The van der Waals surface area contributed by atoms with E-state index in [1.807, 2.05) is 27.0 Å². The molecule has 162 valence electrons. The molecule has 0 aromatic carbocycles. The van der Waals surface area contributed by atoms with Crippen LogP contribution in [-0.4, -0.2) is 58.0 Å². The molecular weight excluding hydrogens is 368 g/mol. The molecule has 2 aliphatic rings. The van der Waals surface area contributed by atoms with Gasteiger partial charge >= 0.3 is 6.09 Å². The Morgan fingerprint density at radius 1 is 1.24 bits per heavy atom. The average molecular weight is 405 g/mol. The molecule has 1 fully saturated rings. The van der Waals surface area contributed by atoms with E-state index < -0.39 is 11.7 Å². The van der Waals surface area contributed by atoms with Crippen LogP contribution in [0.4, 0.5) is 4.79 Å². The van der Waals surface area contributed by atoms with Gasteiger partial charge in [0.1, 0.15) is 5.60 Å². The van der Waals surface area contributed by atoms with Gasteiger partial charge in [0.15, 0.2) is 0 Å². The number of carbonyl (C=O) groups is 2. The molecule has 1 saturated heterocycles. The molecule has 3 rings (SSSR count). The third kappa shape index (κ3) is 5.18. The van der Waals surface area contributed by atoms with Gasteiger partial charge in [0.05, 0.1) is 11.6 Å². The molecule has 1 aromatic rings. The molecule has 1 amide bonds. The zero-order valence-corrected chi connectivity index (χ0v) is 18.5. The summed E-state index contributed by atoms with van der Waals surface area (Å²) in [6.07, 6.45) is 6.01. The number of likely N-dealkylation sites (tertiary alicyclic amines) is 1. The van der Waals surface area contributed by atoms with E-state index in [0.29, 0.717) is 12.0 Å². The molecule has 1 aromatic heterocycles. The lowest BCUT2D eigenvalue weighted by molar-refractivity contribution is -0.128. The number of nitrogens with zero attached hydrogens (tertiary/aromatic N) is 3. The van der Waals surface area contributed by atoms with Gasteiger partial charge in [-0.1, -0.05) is 13.8 Å². The zero-order valence-electron chi connectivity index (χ0n) is 18.5. The summed E-state index contributed by atoms with van der Waals surface area (Å²) in [6.45, 7) is 12.4. The Bertz CT molecular complexity index is 737. The molecule has 7 heteroatoms. The summed E-state index contributed by atoms with van der Waals surface area (Å²) < 4.78 is 6.81. The third-order valence-corrected chi connectivity index (χ3v) is 5.83. The van der Waals surface area contributed by atoms with Crippen molar-refractivity contribution in [3.05, 3.63) is 17.5 Å². The summed E-state index contributed by atoms with van der Waals surface area (Å²) in [6, 6.07) is 0.411. The van der Waals surface area contributed by atoms with Crippen molar-refractivity contribution in [2.24, 2.45) is 11.8 Å². The quantitative estimate of drug-likeness (QED) is 0.816. The van der Waals surface area contributed by atoms with E-state index in [1.165, 1.54) is 4.68 Å². The molecule has 3 atom stereocenters. The molecule has 0 spiro atoms. The molecule has 1 aliphatic heterocycles. The molecule has 1 aliphatic carbocycles. The van der Waals surface area contributed by atoms with Crippen molar-refractivity contribution in [1.29, 1.82) is 0 Å². The second-order valence-electron chi connectivity index (χ2n) is 9.48. The van der Waals surface area contributed by atoms with Crippen LogP contribution in [0.2, 0.25) is 0 Å². The van der Waals surface area contributed by atoms with Crippen molar-refractivity contribution in [2.75, 3.05) is 19.6 Å². The highest BCUT2D eigenvalue weighted by atomic mass is 16.6. The number of carbonyl (C=O) groups excluding carboxylic acids is 2. The molecule has 0 bridgehead atoms. The molecule has 7 nitrogen and oxygen atoms in total. The molecule has 0 unspecified atom stereocenters. The van der Waals surface area contributed by atoms with E-state index >= 15 is 0 Å². The highest BCUT2D eigenvalue weighted by Gasteiger charge is 2.42. The Labute approximate surface area is 174 Å². The van der Waals surface area contributed by atoms with Crippen LogP contribution >= 0.6 is 0 Å². The van der Waals surface area contributed by atoms with E-state index in [-0.39, 0.29) is 11.8 Å². The predicted octanol–water partition coefficient (Wildman–Crippen LogP) is 3.01.